The summed E-state index contributed by atoms with van der Waals surface area (Å²) in [6.07, 6.45) is 9.44. The van der Waals surface area contributed by atoms with Gasteiger partial charge in [0.15, 0.2) is 5.78 Å². The zero-order valence-corrected chi connectivity index (χ0v) is 38.1. The van der Waals surface area contributed by atoms with Gasteiger partial charge in [-0.05, 0) is 54.5 Å². The first kappa shape index (κ1) is 53.3. The summed E-state index contributed by atoms with van der Waals surface area (Å²) >= 11 is 0. The number of aliphatic carboxylic acids is 1. The van der Waals surface area contributed by atoms with Crippen molar-refractivity contribution in [3.8, 4) is 0 Å². The highest BCUT2D eigenvalue weighted by Gasteiger charge is 2.37. The first-order valence-corrected chi connectivity index (χ1v) is 21.6. The van der Waals surface area contributed by atoms with E-state index < -0.39 is 25.2 Å². The molecule has 4 rings (SSSR count). The summed E-state index contributed by atoms with van der Waals surface area (Å²) in [6, 6.07) is 17.7. The molecule has 5 N–H and O–H groups in total. The number of ketones is 1. The fourth-order valence-electron chi connectivity index (χ4n) is 6.24. The number of hydrogen-bond donors (Lipinski definition) is 4. The molecule has 0 heterocycles. The SMILES string of the molecule is CC(CP)C(=O)NC(Cc1ccccc1)C(=O)O.COB(OC)C(CC(=O)C(Cc1ccccc1)NC(=O)C(C)CP)CC1CC1.COB(OC)C(N)CC1CC1.[CH3-]. The lowest BCUT2D eigenvalue weighted by atomic mass is 9.66. The topological polar surface area (TPSA) is 176 Å². The first-order chi connectivity index (χ1) is 27.3. The standard InChI is InChI=1S/C21H33BNO4P.C13H18NO3P.C7H16BNO2.CH3/c1-15(14-28)21(25)23-19(12-16-7-5-4-6-8-16)20(24)13-18(11-17-9-10-17)22(26-2)27-3;1-9(8-18)12(15)14-11(13(16)17)7-10-5-3-2-4-6-10;1-10-8(11-2)7(9)5-6-3-4-6;/h4-8,15,17-19H,9-14,28H2,1-3H3,(H,23,25);2-6,9,11H,7-8,18H2,1H3,(H,14,15)(H,16,17);6-7H,3-5,9H2,1-2H3;1H3/q;;;-1. The van der Waals surface area contributed by atoms with Crippen molar-refractivity contribution in [2.75, 3.05) is 40.8 Å². The zero-order chi connectivity index (χ0) is 42.3. The van der Waals surface area contributed by atoms with E-state index in [1.54, 1.807) is 35.4 Å². The quantitative estimate of drug-likeness (QED) is 0.0615. The molecular weight excluding hydrogens is 774 g/mol. The van der Waals surface area contributed by atoms with Crippen molar-refractivity contribution in [1.82, 2.24) is 10.6 Å². The number of carboxylic acids is 1. The predicted molar refractivity (Wildman–Crippen MR) is 241 cm³/mol. The molecular formula is C42H70B2N3O9P2-. The summed E-state index contributed by atoms with van der Waals surface area (Å²) in [4.78, 5) is 48.5. The molecule has 0 aliphatic heterocycles. The Morgan fingerprint density at radius 3 is 1.48 bits per heavy atom. The fourth-order valence-corrected chi connectivity index (χ4v) is 6.66. The van der Waals surface area contributed by atoms with E-state index in [2.05, 4.69) is 29.1 Å². The maximum atomic E-state index is 13.2. The molecule has 0 radical (unpaired) electrons. The van der Waals surface area contributed by atoms with Crippen molar-refractivity contribution in [2.45, 2.75) is 95.5 Å². The van der Waals surface area contributed by atoms with Gasteiger partial charge >= 0.3 is 20.2 Å². The molecule has 2 aliphatic carbocycles. The summed E-state index contributed by atoms with van der Waals surface area (Å²) in [5.74, 6) is -0.103. The van der Waals surface area contributed by atoms with Gasteiger partial charge in [0.05, 0.1) is 6.04 Å². The Kier molecular flexibility index (Phi) is 27.1. The molecule has 12 nitrogen and oxygen atoms in total. The lowest BCUT2D eigenvalue weighted by molar-refractivity contribution is -0.142. The van der Waals surface area contributed by atoms with Crippen molar-refractivity contribution >= 4 is 56.3 Å². The molecule has 2 amide bonds. The number of amides is 2. The van der Waals surface area contributed by atoms with E-state index in [1.807, 2.05) is 67.6 Å². The number of hydrogen-bond acceptors (Lipinski definition) is 9. The number of benzene rings is 2. The van der Waals surface area contributed by atoms with Crippen LogP contribution in [0.25, 0.3) is 0 Å². The molecule has 0 spiro atoms. The van der Waals surface area contributed by atoms with Gasteiger partial charge in [0.25, 0.3) is 0 Å². The number of rotatable bonds is 24. The number of Topliss-reactive ketones (excluding diaryl/α,β-unsaturated/α-hetero) is 1. The second kappa shape index (κ2) is 29.5. The van der Waals surface area contributed by atoms with Gasteiger partial charge in [-0.3, -0.25) is 14.4 Å². The molecule has 8 unspecified atom stereocenters. The van der Waals surface area contributed by atoms with Crippen LogP contribution in [-0.2, 0) is 50.6 Å². The van der Waals surface area contributed by atoms with Crippen molar-refractivity contribution in [2.24, 2.45) is 29.4 Å². The Hall–Kier alpha value is -2.69. The molecule has 0 saturated heterocycles. The molecule has 2 aliphatic rings. The minimum Gasteiger partial charge on any atom is -0.480 e. The first-order valence-electron chi connectivity index (χ1n) is 20.0. The second-order valence-electron chi connectivity index (χ2n) is 15.2. The molecule has 0 bridgehead atoms. The van der Waals surface area contributed by atoms with Gasteiger partial charge < -0.3 is 47.5 Å². The summed E-state index contributed by atoms with van der Waals surface area (Å²) in [5, 5.41) is 14.7. The van der Waals surface area contributed by atoms with E-state index in [0.717, 1.165) is 29.9 Å². The molecule has 324 valence electrons. The summed E-state index contributed by atoms with van der Waals surface area (Å²) in [5.41, 5.74) is 7.76. The second-order valence-corrected chi connectivity index (χ2v) is 16.2. The number of carbonyl (C=O) groups excluding carboxylic acids is 3. The van der Waals surface area contributed by atoms with Gasteiger partial charge in [-0.25, -0.2) is 4.79 Å². The van der Waals surface area contributed by atoms with Gasteiger partial charge in [-0.1, -0.05) is 100 Å². The minimum atomic E-state index is -1.01. The van der Waals surface area contributed by atoms with Crippen LogP contribution in [0.3, 0.4) is 0 Å². The van der Waals surface area contributed by atoms with Crippen LogP contribution < -0.4 is 16.4 Å². The Labute approximate surface area is 353 Å². The van der Waals surface area contributed by atoms with E-state index >= 15 is 0 Å². The van der Waals surface area contributed by atoms with Crippen LogP contribution in [0.5, 0.6) is 0 Å². The molecule has 16 heteroatoms. The van der Waals surface area contributed by atoms with Gasteiger partial charge in [0.1, 0.15) is 6.04 Å². The largest absolute Gasteiger partial charge is 0.480 e. The zero-order valence-electron chi connectivity index (χ0n) is 35.8. The summed E-state index contributed by atoms with van der Waals surface area (Å²) in [7, 11) is 10.9. The molecule has 2 aromatic carbocycles. The van der Waals surface area contributed by atoms with Crippen LogP contribution in [0, 0.1) is 31.1 Å². The van der Waals surface area contributed by atoms with Crippen LogP contribution >= 0.6 is 18.5 Å². The predicted octanol–water partition coefficient (Wildman–Crippen LogP) is 5.33. The minimum absolute atomic E-state index is 0. The van der Waals surface area contributed by atoms with Crippen molar-refractivity contribution < 1.29 is 42.9 Å². The van der Waals surface area contributed by atoms with Crippen LogP contribution in [0.2, 0.25) is 5.82 Å². The highest BCUT2D eigenvalue weighted by Crippen LogP contribution is 2.40. The highest BCUT2D eigenvalue weighted by molar-refractivity contribution is 7.16. The number of carbonyl (C=O) groups is 4. The van der Waals surface area contributed by atoms with Crippen LogP contribution in [0.15, 0.2) is 60.7 Å². The normalized spacial score (nSPS) is 16.2. The van der Waals surface area contributed by atoms with E-state index in [4.69, 9.17) is 29.5 Å². The Morgan fingerprint density at radius 1 is 0.707 bits per heavy atom. The fraction of sp³-hybridized carbons (Fsp3) is 0.595. The van der Waals surface area contributed by atoms with E-state index in [0.29, 0.717) is 37.5 Å². The van der Waals surface area contributed by atoms with Crippen molar-refractivity contribution in [3.05, 3.63) is 79.2 Å². The molecule has 2 fully saturated rings. The highest BCUT2D eigenvalue weighted by atomic mass is 31.0. The molecule has 58 heavy (non-hydrogen) atoms. The average molecular weight is 845 g/mol. The number of nitrogens with one attached hydrogen (secondary N) is 2. The lowest BCUT2D eigenvalue weighted by Gasteiger charge is -2.24. The van der Waals surface area contributed by atoms with Gasteiger partial charge in [0.2, 0.25) is 11.8 Å². The van der Waals surface area contributed by atoms with Gasteiger partial charge in [-0.2, -0.15) is 0 Å². The van der Waals surface area contributed by atoms with E-state index in [9.17, 15) is 19.2 Å². The Morgan fingerprint density at radius 2 is 1.10 bits per heavy atom. The van der Waals surface area contributed by atoms with E-state index in [-0.39, 0.29) is 55.7 Å². The van der Waals surface area contributed by atoms with E-state index in [1.165, 1.54) is 25.7 Å². The Balaban J connectivity index is 0.000000479. The third-order valence-corrected chi connectivity index (χ3v) is 11.7. The number of nitrogens with two attached hydrogens (primary N) is 1. The molecule has 8 atom stereocenters. The van der Waals surface area contributed by atoms with Crippen molar-refractivity contribution in [3.63, 3.8) is 0 Å². The lowest BCUT2D eigenvalue weighted by Crippen LogP contribution is -2.45. The molecule has 2 aromatic rings. The maximum Gasteiger partial charge on any atom is 0.474 e. The Bertz CT molecular complexity index is 1450. The average Bonchev–Trinajstić information content (AvgIpc) is 4.17. The summed E-state index contributed by atoms with van der Waals surface area (Å²) in [6.45, 7) is 3.64. The maximum absolute atomic E-state index is 13.2. The molecule has 2 saturated carbocycles. The van der Waals surface area contributed by atoms with Crippen LogP contribution in [0.1, 0.15) is 69.9 Å². The summed E-state index contributed by atoms with van der Waals surface area (Å²) < 4.78 is 21.0. The van der Waals surface area contributed by atoms with Gasteiger partial charge in [-0.15, -0.1) is 18.5 Å². The molecule has 0 aromatic heterocycles. The third kappa shape index (κ3) is 21.0. The van der Waals surface area contributed by atoms with Gasteiger partial charge in [0, 0.05) is 64.9 Å². The monoisotopic (exact) mass is 844 g/mol. The third-order valence-electron chi connectivity index (χ3n) is 10.2. The van der Waals surface area contributed by atoms with Crippen molar-refractivity contribution in [1.29, 1.82) is 0 Å². The number of carboxylic acid groups (broad SMARTS) is 1. The van der Waals surface area contributed by atoms with Crippen LogP contribution in [-0.4, -0.2) is 102 Å². The van der Waals surface area contributed by atoms with Crippen LogP contribution in [0.4, 0.5) is 0 Å². The smallest absolute Gasteiger partial charge is 0.474 e.